The van der Waals surface area contributed by atoms with E-state index in [1.165, 1.54) is 80.4 Å². The zero-order valence-corrected chi connectivity index (χ0v) is 22.8. The summed E-state index contributed by atoms with van der Waals surface area (Å²) in [6.45, 7) is 15.2. The Bertz CT molecular complexity index is 897. The van der Waals surface area contributed by atoms with Gasteiger partial charge in [-0.1, -0.05) is 32.9 Å². The first-order valence-electron chi connectivity index (χ1n) is 14.1. The molecule has 192 valence electrons. The number of rotatable bonds is 11. The minimum Gasteiger partial charge on any atom is -0.371 e. The van der Waals surface area contributed by atoms with Crippen molar-refractivity contribution in [3.05, 3.63) is 47.3 Å². The van der Waals surface area contributed by atoms with E-state index >= 15 is 0 Å². The molecule has 1 aromatic carbocycles. The third-order valence-electron chi connectivity index (χ3n) is 7.63. The molecule has 4 nitrogen and oxygen atoms in total. The van der Waals surface area contributed by atoms with Crippen molar-refractivity contribution in [2.45, 2.75) is 104 Å². The molecule has 0 atom stereocenters. The fraction of sp³-hybridized carbons (Fsp3) is 0.613. The number of hydrogen-bond donors (Lipinski definition) is 1. The molecule has 1 aliphatic carbocycles. The number of nitrogens with one attached hydrogen (secondary N) is 1. The fourth-order valence-corrected chi connectivity index (χ4v) is 5.44. The average molecular weight is 477 g/mol. The van der Waals surface area contributed by atoms with E-state index in [9.17, 15) is 0 Å². The number of anilines is 1. The number of piperidine rings is 1. The third kappa shape index (κ3) is 8.37. The van der Waals surface area contributed by atoms with Gasteiger partial charge in [0.1, 0.15) is 5.82 Å². The van der Waals surface area contributed by atoms with E-state index in [0.717, 1.165) is 43.1 Å². The molecule has 2 aliphatic rings. The Morgan fingerprint density at radius 2 is 1.86 bits per heavy atom. The van der Waals surface area contributed by atoms with Crippen LogP contribution in [0.1, 0.15) is 96.1 Å². The summed E-state index contributed by atoms with van der Waals surface area (Å²) in [7, 11) is 0. The van der Waals surface area contributed by atoms with Gasteiger partial charge in [-0.15, -0.1) is 0 Å². The van der Waals surface area contributed by atoms with Gasteiger partial charge in [0.15, 0.2) is 0 Å². The SMILES string of the molecule is C=C(N=C/C(=C\C)CCC)NC1CCC(Cc2cc(N3CCCCC3)cc(N=CCC)c2C)CC1. The van der Waals surface area contributed by atoms with Crippen molar-refractivity contribution in [3.8, 4) is 0 Å². The van der Waals surface area contributed by atoms with Crippen LogP contribution in [0.3, 0.4) is 0 Å². The van der Waals surface area contributed by atoms with Crippen LogP contribution in [-0.2, 0) is 6.42 Å². The second kappa shape index (κ2) is 14.3. The van der Waals surface area contributed by atoms with Crippen LogP contribution in [0.2, 0.25) is 0 Å². The second-order valence-electron chi connectivity index (χ2n) is 10.4. The lowest BCUT2D eigenvalue weighted by Gasteiger charge is -2.32. The number of aliphatic imine (C=N–C) groups is 2. The van der Waals surface area contributed by atoms with Crippen LogP contribution in [-0.4, -0.2) is 31.6 Å². The predicted octanol–water partition coefficient (Wildman–Crippen LogP) is 8.08. The quantitative estimate of drug-likeness (QED) is 0.328. The second-order valence-corrected chi connectivity index (χ2v) is 10.4. The average Bonchev–Trinajstić information content (AvgIpc) is 2.88. The molecule has 0 radical (unpaired) electrons. The molecule has 4 heteroatoms. The Kier molecular flexibility index (Phi) is 11.1. The molecule has 1 heterocycles. The van der Waals surface area contributed by atoms with Gasteiger partial charge in [0.2, 0.25) is 0 Å². The van der Waals surface area contributed by atoms with E-state index in [1.54, 1.807) is 0 Å². The van der Waals surface area contributed by atoms with Gasteiger partial charge in [-0.25, -0.2) is 4.99 Å². The summed E-state index contributed by atoms with van der Waals surface area (Å²) in [5.41, 5.74) is 6.69. The molecule has 1 saturated carbocycles. The van der Waals surface area contributed by atoms with E-state index in [2.05, 4.69) is 73.9 Å². The topological polar surface area (TPSA) is 40.0 Å². The Balaban J connectivity index is 1.60. The van der Waals surface area contributed by atoms with Crippen LogP contribution in [0.4, 0.5) is 11.4 Å². The maximum atomic E-state index is 4.84. The van der Waals surface area contributed by atoms with Crippen molar-refractivity contribution in [3.63, 3.8) is 0 Å². The Morgan fingerprint density at radius 3 is 2.51 bits per heavy atom. The zero-order valence-electron chi connectivity index (χ0n) is 22.8. The molecule has 1 saturated heterocycles. The maximum absolute atomic E-state index is 4.84. The highest BCUT2D eigenvalue weighted by Gasteiger charge is 2.23. The summed E-state index contributed by atoms with van der Waals surface area (Å²) < 4.78 is 0. The van der Waals surface area contributed by atoms with Gasteiger partial charge in [0.05, 0.1) is 5.69 Å². The van der Waals surface area contributed by atoms with E-state index < -0.39 is 0 Å². The molecule has 0 amide bonds. The van der Waals surface area contributed by atoms with Crippen LogP contribution in [0.15, 0.2) is 46.2 Å². The molecule has 35 heavy (non-hydrogen) atoms. The summed E-state index contributed by atoms with van der Waals surface area (Å²) in [6, 6.07) is 5.28. The molecule has 1 aliphatic heterocycles. The molecule has 1 aromatic rings. The summed E-state index contributed by atoms with van der Waals surface area (Å²) in [5.74, 6) is 1.54. The molecule has 2 fully saturated rings. The Hall–Kier alpha value is -2.36. The lowest BCUT2D eigenvalue weighted by Crippen LogP contribution is -2.32. The van der Waals surface area contributed by atoms with Gasteiger partial charge >= 0.3 is 0 Å². The van der Waals surface area contributed by atoms with Crippen LogP contribution in [0.5, 0.6) is 0 Å². The van der Waals surface area contributed by atoms with Crippen molar-refractivity contribution < 1.29 is 0 Å². The highest BCUT2D eigenvalue weighted by molar-refractivity contribution is 5.79. The van der Waals surface area contributed by atoms with Crippen molar-refractivity contribution in [2.24, 2.45) is 15.9 Å². The number of benzene rings is 1. The molecular weight excluding hydrogens is 428 g/mol. The lowest BCUT2D eigenvalue weighted by molar-refractivity contribution is 0.301. The standard InChI is InChI=1S/C31H48N4/c1-6-12-26(8-3)23-33-25(5)34-29-15-13-27(14-16-29)20-28-21-30(35-18-10-9-11-19-35)22-31(24(28)4)32-17-7-2/h8,17,21-23,27,29,34H,5-7,9-16,18-20H2,1-4H3/b26-8-,32-17?,33-23?. The molecule has 0 bridgehead atoms. The van der Waals surface area contributed by atoms with E-state index in [1.807, 2.05) is 6.21 Å². The van der Waals surface area contributed by atoms with Gasteiger partial charge in [-0.05, 0) is 113 Å². The Morgan fingerprint density at radius 1 is 1.11 bits per heavy atom. The van der Waals surface area contributed by atoms with Gasteiger partial charge in [-0.3, -0.25) is 4.99 Å². The number of hydrogen-bond acceptors (Lipinski definition) is 4. The fourth-order valence-electron chi connectivity index (χ4n) is 5.44. The molecule has 0 spiro atoms. The van der Waals surface area contributed by atoms with Crippen LogP contribution >= 0.6 is 0 Å². The number of allylic oxidation sites excluding steroid dienone is 2. The maximum Gasteiger partial charge on any atom is 0.118 e. The highest BCUT2D eigenvalue weighted by atomic mass is 15.1. The highest BCUT2D eigenvalue weighted by Crippen LogP contribution is 2.35. The van der Waals surface area contributed by atoms with Crippen molar-refractivity contribution in [1.82, 2.24) is 5.32 Å². The minimum atomic E-state index is 0.488. The summed E-state index contributed by atoms with van der Waals surface area (Å²) >= 11 is 0. The van der Waals surface area contributed by atoms with E-state index in [0.29, 0.717) is 6.04 Å². The van der Waals surface area contributed by atoms with Gasteiger partial charge < -0.3 is 10.2 Å². The molecule has 0 unspecified atom stereocenters. The monoisotopic (exact) mass is 476 g/mol. The lowest BCUT2D eigenvalue weighted by atomic mass is 9.81. The number of nitrogens with zero attached hydrogens (tertiary/aromatic N) is 3. The first-order valence-corrected chi connectivity index (χ1v) is 14.1. The summed E-state index contributed by atoms with van der Waals surface area (Å²) in [4.78, 5) is 12.0. The van der Waals surface area contributed by atoms with Crippen molar-refractivity contribution in [2.75, 3.05) is 18.0 Å². The van der Waals surface area contributed by atoms with Crippen LogP contribution < -0.4 is 10.2 Å². The molecule has 0 aromatic heterocycles. The summed E-state index contributed by atoms with van der Waals surface area (Å²) in [5, 5.41) is 3.58. The van der Waals surface area contributed by atoms with Gasteiger partial charge in [0, 0.05) is 37.2 Å². The first kappa shape index (κ1) is 27.2. The summed E-state index contributed by atoms with van der Waals surface area (Å²) in [6.07, 6.45) is 19.4. The van der Waals surface area contributed by atoms with Crippen LogP contribution in [0.25, 0.3) is 0 Å². The predicted molar refractivity (Wildman–Crippen MR) is 155 cm³/mol. The van der Waals surface area contributed by atoms with E-state index in [4.69, 9.17) is 4.99 Å². The first-order chi connectivity index (χ1) is 17.0. The molecule has 1 N–H and O–H groups in total. The van der Waals surface area contributed by atoms with Crippen molar-refractivity contribution >= 4 is 23.8 Å². The van der Waals surface area contributed by atoms with Gasteiger partial charge in [-0.2, -0.15) is 0 Å². The van der Waals surface area contributed by atoms with Crippen LogP contribution in [0, 0.1) is 12.8 Å². The smallest absolute Gasteiger partial charge is 0.118 e. The minimum absolute atomic E-state index is 0.488. The normalized spacial score (nSPS) is 21.7. The van der Waals surface area contributed by atoms with E-state index in [-0.39, 0.29) is 0 Å². The Labute approximate surface area is 214 Å². The zero-order chi connectivity index (χ0) is 25.0. The molecule has 3 rings (SSSR count). The largest absolute Gasteiger partial charge is 0.371 e. The van der Waals surface area contributed by atoms with Crippen molar-refractivity contribution in [1.29, 1.82) is 0 Å². The third-order valence-corrected chi connectivity index (χ3v) is 7.63. The molecular formula is C31H48N4. The van der Waals surface area contributed by atoms with Gasteiger partial charge in [0.25, 0.3) is 0 Å².